The molecule has 0 saturated carbocycles. The molecule has 4 heteroatoms. The fourth-order valence-electron chi connectivity index (χ4n) is 2.99. The second-order valence-electron chi connectivity index (χ2n) is 6.15. The van der Waals surface area contributed by atoms with E-state index in [1.165, 1.54) is 5.56 Å². The molecule has 25 heavy (non-hydrogen) atoms. The van der Waals surface area contributed by atoms with Gasteiger partial charge >= 0.3 is 0 Å². The van der Waals surface area contributed by atoms with Crippen LogP contribution in [0.25, 0.3) is 21.7 Å². The van der Waals surface area contributed by atoms with E-state index < -0.39 is 0 Å². The number of rotatable bonds is 3. The maximum Gasteiger partial charge on any atom is 0.261 e. The second-order valence-corrected chi connectivity index (χ2v) is 7.45. The Labute approximate surface area is 150 Å². The molecule has 1 heterocycles. The van der Waals surface area contributed by atoms with Crippen molar-refractivity contribution in [3.8, 4) is 0 Å². The molecule has 0 aliphatic rings. The molecule has 1 atom stereocenters. The first-order valence-electron chi connectivity index (χ1n) is 8.24. The fraction of sp³-hybridized carbons (Fsp3) is 0.143. The fourth-order valence-corrected chi connectivity index (χ4v) is 3.99. The average molecular weight is 346 g/mol. The van der Waals surface area contributed by atoms with Crippen molar-refractivity contribution in [2.24, 2.45) is 7.05 Å². The summed E-state index contributed by atoms with van der Waals surface area (Å²) in [5.74, 6) is 0. The monoisotopic (exact) mass is 346 g/mol. The summed E-state index contributed by atoms with van der Waals surface area (Å²) in [5.41, 5.74) is 1.98. The first kappa shape index (κ1) is 15.9. The van der Waals surface area contributed by atoms with Gasteiger partial charge in [-0.1, -0.05) is 66.4 Å². The molecule has 1 aromatic heterocycles. The quantitative estimate of drug-likeness (QED) is 0.299. The maximum atomic E-state index is 12.8. The van der Waals surface area contributed by atoms with Gasteiger partial charge in [-0.2, -0.15) is 0 Å². The molecule has 0 amide bonds. The highest BCUT2D eigenvalue weighted by Gasteiger charge is 2.14. The molecule has 3 aromatic carbocycles. The lowest BCUT2D eigenvalue weighted by atomic mass is 10.1. The Hall–Kier alpha value is -2.59. The van der Waals surface area contributed by atoms with Gasteiger partial charge in [0.15, 0.2) is 5.16 Å². The molecule has 0 radical (unpaired) electrons. The van der Waals surface area contributed by atoms with E-state index in [4.69, 9.17) is 4.98 Å². The van der Waals surface area contributed by atoms with Gasteiger partial charge in [0.05, 0.1) is 10.9 Å². The van der Waals surface area contributed by atoms with Crippen LogP contribution in [-0.2, 0) is 7.05 Å². The molecule has 124 valence electrons. The van der Waals surface area contributed by atoms with Crippen molar-refractivity contribution >= 4 is 33.4 Å². The third-order valence-corrected chi connectivity index (χ3v) is 5.65. The normalized spacial score (nSPS) is 12.6. The molecule has 4 rings (SSSR count). The van der Waals surface area contributed by atoms with Crippen molar-refractivity contribution in [1.82, 2.24) is 9.55 Å². The van der Waals surface area contributed by atoms with Gasteiger partial charge in [-0.3, -0.25) is 9.36 Å². The van der Waals surface area contributed by atoms with Gasteiger partial charge in [-0.25, -0.2) is 4.98 Å². The summed E-state index contributed by atoms with van der Waals surface area (Å²) in [6.45, 7) is 2.14. The van der Waals surface area contributed by atoms with Crippen molar-refractivity contribution in [2.75, 3.05) is 0 Å². The summed E-state index contributed by atoms with van der Waals surface area (Å²) in [6.07, 6.45) is 0. The van der Waals surface area contributed by atoms with E-state index in [2.05, 4.69) is 19.1 Å². The van der Waals surface area contributed by atoms with Gasteiger partial charge in [-0.05, 0) is 35.4 Å². The van der Waals surface area contributed by atoms with Crippen molar-refractivity contribution in [3.63, 3.8) is 0 Å². The number of hydrogen-bond acceptors (Lipinski definition) is 3. The second kappa shape index (κ2) is 6.37. The van der Waals surface area contributed by atoms with Crippen LogP contribution < -0.4 is 5.56 Å². The molecular weight excluding hydrogens is 328 g/mol. The van der Waals surface area contributed by atoms with Crippen LogP contribution in [0.1, 0.15) is 17.7 Å². The third-order valence-electron chi connectivity index (χ3n) is 4.45. The zero-order valence-electron chi connectivity index (χ0n) is 14.1. The van der Waals surface area contributed by atoms with Crippen LogP contribution in [0.15, 0.2) is 76.7 Å². The standard InChI is InChI=1S/C21H18N2OS/c1-14(15-8-4-3-5-9-15)25-21-22-19-13-17-11-7-6-10-16(17)12-18(19)20(24)23(21)2/h3-14H,1-2H3/t14-/m1/s1. The summed E-state index contributed by atoms with van der Waals surface area (Å²) < 4.78 is 1.65. The van der Waals surface area contributed by atoms with E-state index in [0.717, 1.165) is 21.4 Å². The Morgan fingerprint density at radius 3 is 2.32 bits per heavy atom. The van der Waals surface area contributed by atoms with Crippen LogP contribution in [0.2, 0.25) is 0 Å². The zero-order chi connectivity index (χ0) is 17.4. The average Bonchev–Trinajstić information content (AvgIpc) is 2.65. The van der Waals surface area contributed by atoms with E-state index in [0.29, 0.717) is 5.39 Å². The van der Waals surface area contributed by atoms with Crippen LogP contribution in [-0.4, -0.2) is 9.55 Å². The lowest BCUT2D eigenvalue weighted by Crippen LogP contribution is -2.20. The first-order valence-corrected chi connectivity index (χ1v) is 9.12. The Morgan fingerprint density at radius 1 is 0.960 bits per heavy atom. The highest BCUT2D eigenvalue weighted by Crippen LogP contribution is 2.33. The van der Waals surface area contributed by atoms with Gasteiger partial charge in [0, 0.05) is 12.3 Å². The van der Waals surface area contributed by atoms with Crippen molar-refractivity contribution in [1.29, 1.82) is 0 Å². The summed E-state index contributed by atoms with van der Waals surface area (Å²) in [6, 6.07) is 22.3. The topological polar surface area (TPSA) is 34.9 Å². The number of aromatic nitrogens is 2. The molecule has 0 unspecified atom stereocenters. The Bertz CT molecular complexity index is 1120. The minimum atomic E-state index is -0.00138. The number of hydrogen-bond donors (Lipinski definition) is 0. The van der Waals surface area contributed by atoms with Crippen LogP contribution in [0.4, 0.5) is 0 Å². The Morgan fingerprint density at radius 2 is 1.60 bits per heavy atom. The highest BCUT2D eigenvalue weighted by atomic mass is 32.2. The maximum absolute atomic E-state index is 12.8. The largest absolute Gasteiger partial charge is 0.290 e. The van der Waals surface area contributed by atoms with Crippen LogP contribution in [0.5, 0.6) is 0 Å². The molecule has 0 saturated heterocycles. The van der Waals surface area contributed by atoms with Gasteiger partial charge in [0.1, 0.15) is 0 Å². The van der Waals surface area contributed by atoms with Gasteiger partial charge in [0.2, 0.25) is 0 Å². The zero-order valence-corrected chi connectivity index (χ0v) is 15.0. The van der Waals surface area contributed by atoms with Crippen LogP contribution in [0, 0.1) is 0 Å². The minimum absolute atomic E-state index is 0.00138. The summed E-state index contributed by atoms with van der Waals surface area (Å²) in [5, 5.41) is 3.79. The number of fused-ring (bicyclic) bond motifs is 2. The van der Waals surface area contributed by atoms with Crippen LogP contribution >= 0.6 is 11.8 Å². The molecular formula is C21H18N2OS. The molecule has 0 bridgehead atoms. The molecule has 0 N–H and O–H groups in total. The third kappa shape index (κ3) is 2.94. The van der Waals surface area contributed by atoms with Crippen molar-refractivity contribution < 1.29 is 0 Å². The minimum Gasteiger partial charge on any atom is -0.290 e. The predicted molar refractivity (Wildman–Crippen MR) is 105 cm³/mol. The van der Waals surface area contributed by atoms with Gasteiger partial charge in [-0.15, -0.1) is 0 Å². The van der Waals surface area contributed by atoms with Crippen LogP contribution in [0.3, 0.4) is 0 Å². The van der Waals surface area contributed by atoms with E-state index >= 15 is 0 Å². The van der Waals surface area contributed by atoms with E-state index in [-0.39, 0.29) is 10.8 Å². The van der Waals surface area contributed by atoms with Gasteiger partial charge < -0.3 is 0 Å². The molecule has 0 fully saturated rings. The summed E-state index contributed by atoms with van der Waals surface area (Å²) >= 11 is 1.61. The Kier molecular flexibility index (Phi) is 4.06. The number of nitrogens with zero attached hydrogens (tertiary/aromatic N) is 2. The molecule has 0 aliphatic carbocycles. The summed E-state index contributed by atoms with van der Waals surface area (Å²) in [4.78, 5) is 17.6. The van der Waals surface area contributed by atoms with E-state index in [1.807, 2.05) is 54.6 Å². The Balaban J connectivity index is 1.83. The van der Waals surface area contributed by atoms with E-state index in [9.17, 15) is 4.79 Å². The smallest absolute Gasteiger partial charge is 0.261 e. The first-order chi connectivity index (χ1) is 12.1. The summed E-state index contributed by atoms with van der Waals surface area (Å²) in [7, 11) is 1.80. The lowest BCUT2D eigenvalue weighted by molar-refractivity contribution is 0.724. The number of thioether (sulfide) groups is 1. The lowest BCUT2D eigenvalue weighted by Gasteiger charge is -2.14. The van der Waals surface area contributed by atoms with Crippen molar-refractivity contribution in [2.45, 2.75) is 17.3 Å². The highest BCUT2D eigenvalue weighted by molar-refractivity contribution is 7.99. The van der Waals surface area contributed by atoms with Gasteiger partial charge in [0.25, 0.3) is 5.56 Å². The van der Waals surface area contributed by atoms with Crippen molar-refractivity contribution in [3.05, 3.63) is 82.6 Å². The number of benzene rings is 3. The molecule has 0 spiro atoms. The molecule has 3 nitrogen and oxygen atoms in total. The van der Waals surface area contributed by atoms with E-state index in [1.54, 1.807) is 23.4 Å². The molecule has 4 aromatic rings. The molecule has 0 aliphatic heterocycles. The SMILES string of the molecule is C[C@@H](Sc1nc2cc3ccccc3cc2c(=O)n1C)c1ccccc1. The predicted octanol–water partition coefficient (Wildman–Crippen LogP) is 4.94.